The van der Waals surface area contributed by atoms with E-state index in [-0.39, 0.29) is 6.54 Å². The summed E-state index contributed by atoms with van der Waals surface area (Å²) in [6.07, 6.45) is 0. The highest BCUT2D eigenvalue weighted by molar-refractivity contribution is 6.31. The van der Waals surface area contributed by atoms with Crippen LogP contribution >= 0.6 is 11.6 Å². The molecule has 2 aliphatic heterocycles. The summed E-state index contributed by atoms with van der Waals surface area (Å²) in [6.45, 7) is 6.39. The number of amides is 3. The second-order valence-corrected chi connectivity index (χ2v) is 7.81. The Morgan fingerprint density at radius 1 is 1.00 bits per heavy atom. The van der Waals surface area contributed by atoms with E-state index >= 15 is 0 Å². The van der Waals surface area contributed by atoms with Gasteiger partial charge >= 0.3 is 0 Å². The number of rotatable bonds is 5. The van der Waals surface area contributed by atoms with E-state index in [1.54, 1.807) is 36.4 Å². The van der Waals surface area contributed by atoms with Crippen molar-refractivity contribution in [2.45, 2.75) is 6.92 Å². The van der Waals surface area contributed by atoms with Crippen molar-refractivity contribution in [2.24, 2.45) is 0 Å². The zero-order valence-electron chi connectivity index (χ0n) is 16.7. The minimum Gasteiger partial charge on any atom is -0.367 e. The molecule has 8 heteroatoms. The van der Waals surface area contributed by atoms with Gasteiger partial charge in [0.15, 0.2) is 0 Å². The average molecular weight is 427 g/mol. The Labute approximate surface area is 180 Å². The van der Waals surface area contributed by atoms with Crippen LogP contribution in [-0.4, -0.2) is 66.8 Å². The highest BCUT2D eigenvalue weighted by Crippen LogP contribution is 2.30. The van der Waals surface area contributed by atoms with Crippen LogP contribution in [-0.2, 0) is 4.79 Å². The molecule has 0 radical (unpaired) electrons. The van der Waals surface area contributed by atoms with E-state index in [4.69, 9.17) is 11.6 Å². The Morgan fingerprint density at radius 3 is 2.23 bits per heavy atom. The van der Waals surface area contributed by atoms with Crippen molar-refractivity contribution in [3.8, 4) is 0 Å². The number of anilines is 2. The molecular weight excluding hydrogens is 404 g/mol. The summed E-state index contributed by atoms with van der Waals surface area (Å²) in [7, 11) is 0. The molecule has 7 nitrogen and oxygen atoms in total. The van der Waals surface area contributed by atoms with Crippen molar-refractivity contribution in [1.29, 1.82) is 0 Å². The number of benzene rings is 2. The zero-order chi connectivity index (χ0) is 21.3. The second-order valence-electron chi connectivity index (χ2n) is 7.37. The number of nitrogens with zero attached hydrogens (tertiary/aromatic N) is 3. The number of hydrogen-bond donors (Lipinski definition) is 1. The topological polar surface area (TPSA) is 73.0 Å². The molecule has 3 amide bonds. The number of imide groups is 1. The van der Waals surface area contributed by atoms with Crippen LogP contribution in [0.5, 0.6) is 0 Å². The zero-order valence-corrected chi connectivity index (χ0v) is 17.5. The summed E-state index contributed by atoms with van der Waals surface area (Å²) in [5.74, 6) is -1.35. The molecular formula is C22H23ClN4O3. The van der Waals surface area contributed by atoms with E-state index in [2.05, 4.69) is 22.0 Å². The fraction of sp³-hybridized carbons (Fsp3) is 0.318. The van der Waals surface area contributed by atoms with Gasteiger partial charge in [-0.15, -0.1) is 0 Å². The third kappa shape index (κ3) is 3.91. The predicted molar refractivity (Wildman–Crippen MR) is 116 cm³/mol. The SMILES string of the molecule is CCN1CCN(c2ccc(Cl)cc2NC(=O)CN2C(=O)c3ccccc3C2=O)CC1. The smallest absolute Gasteiger partial charge is 0.262 e. The molecule has 2 aromatic carbocycles. The fourth-order valence-corrected chi connectivity index (χ4v) is 4.08. The molecule has 1 fully saturated rings. The number of halogens is 1. The Balaban J connectivity index is 1.48. The second kappa shape index (κ2) is 8.45. The minimum absolute atomic E-state index is 0.326. The molecule has 0 spiro atoms. The third-order valence-electron chi connectivity index (χ3n) is 5.57. The lowest BCUT2D eigenvalue weighted by Crippen LogP contribution is -2.46. The lowest BCUT2D eigenvalue weighted by atomic mass is 10.1. The Kier molecular flexibility index (Phi) is 5.74. The van der Waals surface area contributed by atoms with Gasteiger partial charge in [0.1, 0.15) is 6.54 Å². The maximum Gasteiger partial charge on any atom is 0.262 e. The van der Waals surface area contributed by atoms with Crippen LogP contribution in [0.15, 0.2) is 42.5 Å². The maximum absolute atomic E-state index is 12.7. The molecule has 0 aromatic heterocycles. The van der Waals surface area contributed by atoms with Gasteiger partial charge in [-0.25, -0.2) is 0 Å². The van der Waals surface area contributed by atoms with Crippen LogP contribution in [0.4, 0.5) is 11.4 Å². The average Bonchev–Trinajstić information content (AvgIpc) is 2.99. The van der Waals surface area contributed by atoms with Gasteiger partial charge in [0.25, 0.3) is 11.8 Å². The van der Waals surface area contributed by atoms with Gasteiger partial charge in [-0.2, -0.15) is 0 Å². The molecule has 2 aromatic rings. The first-order valence-electron chi connectivity index (χ1n) is 10.00. The van der Waals surface area contributed by atoms with Gasteiger partial charge in [0, 0.05) is 31.2 Å². The summed E-state index contributed by atoms with van der Waals surface area (Å²) < 4.78 is 0. The highest BCUT2D eigenvalue weighted by atomic mass is 35.5. The summed E-state index contributed by atoms with van der Waals surface area (Å²) >= 11 is 6.17. The van der Waals surface area contributed by atoms with Crippen LogP contribution in [0.1, 0.15) is 27.6 Å². The molecule has 2 aliphatic rings. The van der Waals surface area contributed by atoms with Crippen molar-refractivity contribution in [1.82, 2.24) is 9.80 Å². The molecule has 156 valence electrons. The first kappa shape index (κ1) is 20.4. The van der Waals surface area contributed by atoms with E-state index in [1.165, 1.54) is 0 Å². The quantitative estimate of drug-likeness (QED) is 0.744. The third-order valence-corrected chi connectivity index (χ3v) is 5.81. The number of carbonyl (C=O) groups is 3. The monoisotopic (exact) mass is 426 g/mol. The van der Waals surface area contributed by atoms with E-state index in [9.17, 15) is 14.4 Å². The maximum atomic E-state index is 12.7. The lowest BCUT2D eigenvalue weighted by Gasteiger charge is -2.36. The molecule has 1 saturated heterocycles. The Hall–Kier alpha value is -2.90. The first-order chi connectivity index (χ1) is 14.5. The van der Waals surface area contributed by atoms with Crippen molar-refractivity contribution < 1.29 is 14.4 Å². The molecule has 4 rings (SSSR count). The van der Waals surface area contributed by atoms with E-state index in [0.717, 1.165) is 43.3 Å². The predicted octanol–water partition coefficient (Wildman–Crippen LogP) is 2.72. The number of piperazine rings is 1. The van der Waals surface area contributed by atoms with E-state index in [1.807, 2.05) is 6.07 Å². The summed E-state index contributed by atoms with van der Waals surface area (Å²) in [5.41, 5.74) is 2.11. The Morgan fingerprint density at radius 2 is 1.63 bits per heavy atom. The molecule has 0 aliphatic carbocycles. The van der Waals surface area contributed by atoms with Gasteiger partial charge in [0.05, 0.1) is 22.5 Å². The minimum atomic E-state index is -0.451. The molecule has 1 N–H and O–H groups in total. The molecule has 0 saturated carbocycles. The Bertz CT molecular complexity index is 967. The molecule has 2 heterocycles. The van der Waals surface area contributed by atoms with Gasteiger partial charge in [-0.3, -0.25) is 19.3 Å². The van der Waals surface area contributed by atoms with Crippen LogP contribution in [0.2, 0.25) is 5.02 Å². The standard InChI is InChI=1S/C22H23ClN4O3/c1-2-25-9-11-26(12-10-25)19-8-7-15(23)13-18(19)24-20(28)14-27-21(29)16-5-3-4-6-17(16)22(27)30/h3-8,13H,2,9-12,14H2,1H3,(H,24,28). The fourth-order valence-electron chi connectivity index (χ4n) is 3.91. The number of fused-ring (bicyclic) bond motifs is 1. The van der Waals surface area contributed by atoms with Gasteiger partial charge in [-0.05, 0) is 36.9 Å². The van der Waals surface area contributed by atoms with Crippen molar-refractivity contribution in [2.75, 3.05) is 49.5 Å². The van der Waals surface area contributed by atoms with Crippen molar-refractivity contribution >= 4 is 40.7 Å². The summed E-state index contributed by atoms with van der Waals surface area (Å²) in [5, 5.41) is 3.35. The lowest BCUT2D eigenvalue weighted by molar-refractivity contribution is -0.116. The number of carbonyl (C=O) groups excluding carboxylic acids is 3. The van der Waals surface area contributed by atoms with E-state index in [0.29, 0.717) is 21.8 Å². The van der Waals surface area contributed by atoms with E-state index < -0.39 is 17.7 Å². The molecule has 0 atom stereocenters. The van der Waals surface area contributed by atoms with Gasteiger partial charge in [0.2, 0.25) is 5.91 Å². The van der Waals surface area contributed by atoms with Crippen LogP contribution in [0.25, 0.3) is 0 Å². The van der Waals surface area contributed by atoms with Gasteiger partial charge < -0.3 is 15.1 Å². The van der Waals surface area contributed by atoms with Crippen molar-refractivity contribution in [3.63, 3.8) is 0 Å². The molecule has 0 unspecified atom stereocenters. The summed E-state index contributed by atoms with van der Waals surface area (Å²) in [6, 6.07) is 12.0. The van der Waals surface area contributed by atoms with Gasteiger partial charge in [-0.1, -0.05) is 30.7 Å². The molecule has 30 heavy (non-hydrogen) atoms. The molecule has 0 bridgehead atoms. The van der Waals surface area contributed by atoms with Crippen LogP contribution in [0.3, 0.4) is 0 Å². The number of nitrogens with one attached hydrogen (secondary N) is 1. The van der Waals surface area contributed by atoms with Crippen molar-refractivity contribution in [3.05, 3.63) is 58.6 Å². The van der Waals surface area contributed by atoms with Crippen LogP contribution < -0.4 is 10.2 Å². The van der Waals surface area contributed by atoms with Crippen LogP contribution in [0, 0.1) is 0 Å². The number of hydrogen-bond acceptors (Lipinski definition) is 5. The summed E-state index contributed by atoms with van der Waals surface area (Å²) in [4.78, 5) is 43.3. The highest BCUT2D eigenvalue weighted by Gasteiger charge is 2.36. The normalized spacial score (nSPS) is 16.7. The largest absolute Gasteiger partial charge is 0.367 e. The first-order valence-corrected chi connectivity index (χ1v) is 10.4. The number of likely N-dealkylation sites (N-methyl/N-ethyl adjacent to an activating group) is 1.